The minimum Gasteiger partial charge on any atom is -0.0853 e. The van der Waals surface area contributed by atoms with E-state index in [2.05, 4.69) is 44.4 Å². The van der Waals surface area contributed by atoms with Gasteiger partial charge in [0.05, 0.1) is 8.80 Å². The van der Waals surface area contributed by atoms with E-state index in [-0.39, 0.29) is 0 Å². The van der Waals surface area contributed by atoms with E-state index in [1.54, 1.807) is 5.20 Å². The summed E-state index contributed by atoms with van der Waals surface area (Å²) in [6.07, 6.45) is 8.70. The highest BCUT2D eigenvalue weighted by Crippen LogP contribution is 2.25. The van der Waals surface area contributed by atoms with Gasteiger partial charge >= 0.3 is 0 Å². The van der Waals surface area contributed by atoms with Crippen LogP contribution >= 0.6 is 0 Å². The van der Waals surface area contributed by atoms with E-state index < -0.39 is 17.6 Å². The molecule has 0 amide bonds. The van der Waals surface area contributed by atoms with Crippen molar-refractivity contribution in [3.8, 4) is 0 Å². The van der Waals surface area contributed by atoms with Gasteiger partial charge in [0.1, 0.15) is 0 Å². The van der Waals surface area contributed by atoms with Crippen LogP contribution in [0.5, 0.6) is 0 Å². The lowest BCUT2D eigenvalue weighted by Gasteiger charge is -2.19. The highest BCUT2D eigenvalue weighted by atomic mass is 28.3. The van der Waals surface area contributed by atoms with Crippen LogP contribution in [0.25, 0.3) is 0 Å². The Morgan fingerprint density at radius 3 is 2.25 bits per heavy atom. The lowest BCUT2D eigenvalue weighted by atomic mass is 10.2. The molecular formula is C10H20Si2. The van der Waals surface area contributed by atoms with E-state index in [9.17, 15) is 0 Å². The zero-order valence-corrected chi connectivity index (χ0v) is 11.0. The van der Waals surface area contributed by atoms with Gasteiger partial charge in [-0.15, -0.1) is 0 Å². The third kappa shape index (κ3) is 2.45. The minimum atomic E-state index is -0.521. The molecular weight excluding hydrogens is 176 g/mol. The van der Waals surface area contributed by atoms with Gasteiger partial charge in [-0.25, -0.2) is 0 Å². The summed E-state index contributed by atoms with van der Waals surface area (Å²) in [5.41, 5.74) is 0.932. The fraction of sp³-hybridized carbons (Fsp3) is 0.600. The van der Waals surface area contributed by atoms with Crippen LogP contribution in [0.1, 0.15) is 6.42 Å². The van der Waals surface area contributed by atoms with E-state index in [0.29, 0.717) is 0 Å². The molecule has 0 aliphatic heterocycles. The predicted molar refractivity (Wildman–Crippen MR) is 63.3 cm³/mol. The summed E-state index contributed by atoms with van der Waals surface area (Å²) in [7, 11) is -0.947. The third-order valence-corrected chi connectivity index (χ3v) is 6.65. The second kappa shape index (κ2) is 4.24. The number of hydrogen-bond acceptors (Lipinski definition) is 0. The number of hydrogen-bond donors (Lipinski definition) is 0. The van der Waals surface area contributed by atoms with Crippen molar-refractivity contribution >= 4 is 17.6 Å². The van der Waals surface area contributed by atoms with Crippen LogP contribution < -0.4 is 0 Å². The Morgan fingerprint density at radius 1 is 1.25 bits per heavy atom. The second-order valence-electron chi connectivity index (χ2n) is 4.36. The van der Waals surface area contributed by atoms with Crippen LogP contribution in [-0.4, -0.2) is 17.6 Å². The van der Waals surface area contributed by atoms with Gasteiger partial charge in [0.2, 0.25) is 0 Å². The molecule has 0 aromatic rings. The monoisotopic (exact) mass is 196 g/mol. The lowest BCUT2D eigenvalue weighted by molar-refractivity contribution is 0.995. The maximum Gasteiger partial charge on any atom is 0.0642 e. The van der Waals surface area contributed by atoms with Crippen molar-refractivity contribution in [2.24, 2.45) is 0 Å². The van der Waals surface area contributed by atoms with Crippen LogP contribution in [0.3, 0.4) is 0 Å². The van der Waals surface area contributed by atoms with Crippen molar-refractivity contribution in [2.45, 2.75) is 38.2 Å². The molecule has 12 heavy (non-hydrogen) atoms. The van der Waals surface area contributed by atoms with Gasteiger partial charge in [0.15, 0.2) is 0 Å². The van der Waals surface area contributed by atoms with Crippen molar-refractivity contribution in [2.75, 3.05) is 0 Å². The second-order valence-corrected chi connectivity index (χ2v) is 10.7. The Bertz CT molecular complexity index is 202. The first-order valence-corrected chi connectivity index (χ1v) is 10.9. The van der Waals surface area contributed by atoms with Gasteiger partial charge in [-0.05, 0) is 12.0 Å². The SMILES string of the molecule is C[SiH](C)C1=CCC([SiH](C)C)C=C1. The molecule has 0 bridgehead atoms. The van der Waals surface area contributed by atoms with E-state index >= 15 is 0 Å². The summed E-state index contributed by atoms with van der Waals surface area (Å²) in [5, 5.41) is 1.67. The lowest BCUT2D eigenvalue weighted by Crippen LogP contribution is -2.14. The van der Waals surface area contributed by atoms with Gasteiger partial charge in [0, 0.05) is 8.80 Å². The molecule has 0 aromatic carbocycles. The van der Waals surface area contributed by atoms with Crippen molar-refractivity contribution in [3.63, 3.8) is 0 Å². The Labute approximate surface area is 79.6 Å². The zero-order valence-electron chi connectivity index (χ0n) is 8.67. The Balaban J connectivity index is 2.55. The summed E-state index contributed by atoms with van der Waals surface area (Å²) in [6.45, 7) is 9.70. The average molecular weight is 196 g/mol. The molecule has 0 saturated carbocycles. The van der Waals surface area contributed by atoms with Gasteiger partial charge in [-0.1, -0.05) is 49.6 Å². The number of rotatable bonds is 2. The first-order valence-electron chi connectivity index (χ1n) is 4.99. The quantitative estimate of drug-likeness (QED) is 0.596. The van der Waals surface area contributed by atoms with Crippen LogP contribution in [0.2, 0.25) is 31.7 Å². The molecule has 1 unspecified atom stereocenters. The third-order valence-electron chi connectivity index (χ3n) is 2.68. The predicted octanol–water partition coefficient (Wildman–Crippen LogP) is 2.76. The minimum absolute atomic E-state index is 0.426. The van der Waals surface area contributed by atoms with E-state index in [4.69, 9.17) is 0 Å². The molecule has 68 valence electrons. The maximum atomic E-state index is 2.49. The zero-order chi connectivity index (χ0) is 9.14. The van der Waals surface area contributed by atoms with Crippen LogP contribution in [0, 0.1) is 0 Å². The van der Waals surface area contributed by atoms with Crippen molar-refractivity contribution < 1.29 is 0 Å². The molecule has 0 radical (unpaired) electrons. The van der Waals surface area contributed by atoms with Gasteiger partial charge in [0.25, 0.3) is 0 Å². The van der Waals surface area contributed by atoms with E-state index in [0.717, 1.165) is 5.54 Å². The van der Waals surface area contributed by atoms with Gasteiger partial charge in [-0.3, -0.25) is 0 Å². The maximum absolute atomic E-state index is 2.49. The average Bonchev–Trinajstić information content (AvgIpc) is 2.04. The molecule has 0 fully saturated rings. The fourth-order valence-corrected chi connectivity index (χ4v) is 3.92. The summed E-state index contributed by atoms with van der Waals surface area (Å²) >= 11 is 0. The van der Waals surface area contributed by atoms with Crippen molar-refractivity contribution in [1.29, 1.82) is 0 Å². The Kier molecular flexibility index (Phi) is 3.53. The summed E-state index contributed by atoms with van der Waals surface area (Å²) in [6, 6.07) is 0. The molecule has 1 aliphatic rings. The molecule has 0 spiro atoms. The molecule has 1 atom stereocenters. The first kappa shape index (κ1) is 10.00. The summed E-state index contributed by atoms with van der Waals surface area (Å²) in [4.78, 5) is 0. The molecule has 2 heteroatoms. The molecule has 0 N–H and O–H groups in total. The van der Waals surface area contributed by atoms with Gasteiger partial charge in [-0.2, -0.15) is 0 Å². The fourth-order valence-electron chi connectivity index (χ4n) is 1.58. The molecule has 1 aliphatic carbocycles. The van der Waals surface area contributed by atoms with Crippen LogP contribution in [0.4, 0.5) is 0 Å². The Hall–Kier alpha value is -0.0862. The summed E-state index contributed by atoms with van der Waals surface area (Å²) < 4.78 is 0. The van der Waals surface area contributed by atoms with Crippen LogP contribution in [0.15, 0.2) is 23.4 Å². The highest BCUT2D eigenvalue weighted by molar-refractivity contribution is 6.65. The smallest absolute Gasteiger partial charge is 0.0642 e. The van der Waals surface area contributed by atoms with Crippen LogP contribution in [-0.2, 0) is 0 Å². The standard InChI is InChI=1S/C10H20Si2/c1-11(2)9-5-7-10(8-6-9)12(3)4/h5-7,10-12H,8H2,1-4H3. The normalized spacial score (nSPS) is 23.5. The van der Waals surface area contributed by atoms with E-state index in [1.807, 2.05) is 0 Å². The molecule has 0 heterocycles. The summed E-state index contributed by atoms with van der Waals surface area (Å²) in [5.74, 6) is 0. The van der Waals surface area contributed by atoms with Crippen molar-refractivity contribution in [1.82, 2.24) is 0 Å². The van der Waals surface area contributed by atoms with Gasteiger partial charge < -0.3 is 0 Å². The topological polar surface area (TPSA) is 0 Å². The highest BCUT2D eigenvalue weighted by Gasteiger charge is 2.14. The first-order chi connectivity index (χ1) is 5.61. The van der Waals surface area contributed by atoms with E-state index in [1.165, 1.54) is 6.42 Å². The molecule has 1 rings (SSSR count). The largest absolute Gasteiger partial charge is 0.0853 e. The molecule has 0 saturated heterocycles. The Morgan fingerprint density at radius 2 is 1.92 bits per heavy atom. The number of allylic oxidation sites excluding steroid dienone is 4. The molecule has 0 aromatic heterocycles. The van der Waals surface area contributed by atoms with Crippen molar-refractivity contribution in [3.05, 3.63) is 23.4 Å². The molecule has 0 nitrogen and oxygen atoms in total.